The Kier molecular flexibility index (Phi) is 3.38. The van der Waals surface area contributed by atoms with Gasteiger partial charge in [0.15, 0.2) is 0 Å². The van der Waals surface area contributed by atoms with E-state index in [0.717, 1.165) is 31.9 Å². The van der Waals surface area contributed by atoms with Gasteiger partial charge in [0.25, 0.3) is 0 Å². The molecule has 1 aromatic rings. The summed E-state index contributed by atoms with van der Waals surface area (Å²) in [5.41, 5.74) is 0.857. The summed E-state index contributed by atoms with van der Waals surface area (Å²) in [6.45, 7) is 3.67. The Bertz CT molecular complexity index is 402. The zero-order chi connectivity index (χ0) is 10.7. The molecule has 1 aliphatic rings. The second-order valence-corrected chi connectivity index (χ2v) is 4.37. The zero-order valence-electron chi connectivity index (χ0n) is 8.37. The van der Waals surface area contributed by atoms with Crippen molar-refractivity contribution in [2.45, 2.75) is 0 Å². The van der Waals surface area contributed by atoms with Crippen LogP contribution in [0.3, 0.4) is 0 Å². The van der Waals surface area contributed by atoms with E-state index in [9.17, 15) is 4.79 Å². The first-order valence-corrected chi connectivity index (χ1v) is 5.83. The molecule has 80 valence electrons. The summed E-state index contributed by atoms with van der Waals surface area (Å²) < 4.78 is 0.626. The normalized spacial score (nSPS) is 16.5. The minimum absolute atomic E-state index is 0.0712. The molecule has 4 heteroatoms. The lowest BCUT2D eigenvalue weighted by Crippen LogP contribution is -2.45. The molecule has 0 bridgehead atoms. The summed E-state index contributed by atoms with van der Waals surface area (Å²) in [5, 5.41) is 3.27. The number of rotatable bonds is 1. The molecule has 15 heavy (non-hydrogen) atoms. The van der Waals surface area contributed by atoms with Gasteiger partial charge in [-0.15, -0.1) is 0 Å². The maximum absolute atomic E-state index is 12.0. The van der Waals surface area contributed by atoms with E-state index in [1.165, 1.54) is 0 Å². The fourth-order valence-electron chi connectivity index (χ4n) is 1.72. The third-order valence-electron chi connectivity index (χ3n) is 2.51. The SMILES string of the molecule is O=c1c(Br)ccccc1N1CCNCC1. The maximum Gasteiger partial charge on any atom is 0.215 e. The number of halogens is 1. The van der Waals surface area contributed by atoms with Gasteiger partial charge in [0, 0.05) is 26.2 Å². The van der Waals surface area contributed by atoms with Crippen LogP contribution in [0.4, 0.5) is 5.69 Å². The van der Waals surface area contributed by atoms with Crippen molar-refractivity contribution >= 4 is 21.6 Å². The van der Waals surface area contributed by atoms with E-state index in [4.69, 9.17) is 0 Å². The molecule has 1 aliphatic heterocycles. The highest BCUT2D eigenvalue weighted by molar-refractivity contribution is 9.10. The van der Waals surface area contributed by atoms with E-state index in [0.29, 0.717) is 4.47 Å². The molecule has 3 nitrogen and oxygen atoms in total. The van der Waals surface area contributed by atoms with Gasteiger partial charge >= 0.3 is 0 Å². The van der Waals surface area contributed by atoms with E-state index in [-0.39, 0.29) is 5.43 Å². The van der Waals surface area contributed by atoms with Gasteiger partial charge in [0.2, 0.25) is 5.43 Å². The molecule has 0 aliphatic carbocycles. The van der Waals surface area contributed by atoms with Crippen LogP contribution in [0.5, 0.6) is 0 Å². The Balaban J connectivity index is 2.39. The summed E-state index contributed by atoms with van der Waals surface area (Å²) in [6.07, 6.45) is 0. The highest BCUT2D eigenvalue weighted by Crippen LogP contribution is 2.11. The quantitative estimate of drug-likeness (QED) is 0.832. The van der Waals surface area contributed by atoms with Crippen LogP contribution in [-0.2, 0) is 0 Å². The molecule has 0 aromatic heterocycles. The summed E-state index contributed by atoms with van der Waals surface area (Å²) in [4.78, 5) is 14.1. The number of nitrogens with one attached hydrogen (secondary N) is 1. The van der Waals surface area contributed by atoms with Crippen molar-refractivity contribution in [1.29, 1.82) is 0 Å². The zero-order valence-corrected chi connectivity index (χ0v) is 9.96. The fourth-order valence-corrected chi connectivity index (χ4v) is 2.07. The number of hydrogen-bond acceptors (Lipinski definition) is 3. The second kappa shape index (κ2) is 4.77. The van der Waals surface area contributed by atoms with Gasteiger partial charge in [-0.1, -0.05) is 12.1 Å². The molecule has 1 fully saturated rings. The topological polar surface area (TPSA) is 32.3 Å². The largest absolute Gasteiger partial charge is 0.366 e. The van der Waals surface area contributed by atoms with Crippen LogP contribution in [-0.4, -0.2) is 26.2 Å². The standard InChI is InChI=1S/C11H13BrN2O/c12-9-3-1-2-4-10(11(9)15)14-7-5-13-6-8-14/h1-4,13H,5-8H2. The van der Waals surface area contributed by atoms with Gasteiger partial charge in [-0.2, -0.15) is 0 Å². The summed E-state index contributed by atoms with van der Waals surface area (Å²) in [7, 11) is 0. The smallest absolute Gasteiger partial charge is 0.215 e. The highest BCUT2D eigenvalue weighted by Gasteiger charge is 2.13. The number of nitrogens with zero attached hydrogens (tertiary/aromatic N) is 1. The minimum Gasteiger partial charge on any atom is -0.366 e. The second-order valence-electron chi connectivity index (χ2n) is 3.52. The third-order valence-corrected chi connectivity index (χ3v) is 3.14. The van der Waals surface area contributed by atoms with Gasteiger partial charge in [0.1, 0.15) is 0 Å². The van der Waals surface area contributed by atoms with Crippen LogP contribution in [0.15, 0.2) is 33.5 Å². The van der Waals surface area contributed by atoms with Crippen molar-refractivity contribution < 1.29 is 0 Å². The van der Waals surface area contributed by atoms with Gasteiger partial charge in [-0.3, -0.25) is 4.79 Å². The van der Waals surface area contributed by atoms with E-state index in [1.807, 2.05) is 18.2 Å². The van der Waals surface area contributed by atoms with Crippen molar-refractivity contribution in [3.05, 3.63) is 39.0 Å². The molecule has 0 radical (unpaired) electrons. The highest BCUT2D eigenvalue weighted by atomic mass is 79.9. The maximum atomic E-state index is 12.0. The van der Waals surface area contributed by atoms with E-state index in [1.54, 1.807) is 6.07 Å². The Morgan fingerprint density at radius 1 is 1.20 bits per heavy atom. The summed E-state index contributed by atoms with van der Waals surface area (Å²) in [5.74, 6) is 0. The van der Waals surface area contributed by atoms with Crippen molar-refractivity contribution in [2.24, 2.45) is 0 Å². The Morgan fingerprint density at radius 3 is 2.60 bits per heavy atom. The minimum atomic E-state index is 0.0712. The number of hydrogen-bond donors (Lipinski definition) is 1. The average molecular weight is 269 g/mol. The van der Waals surface area contributed by atoms with Crippen LogP contribution in [0.2, 0.25) is 0 Å². The van der Waals surface area contributed by atoms with Gasteiger partial charge in [0.05, 0.1) is 10.2 Å². The van der Waals surface area contributed by atoms with Crippen LogP contribution in [0.25, 0.3) is 0 Å². The van der Waals surface area contributed by atoms with Gasteiger partial charge < -0.3 is 10.2 Å². The monoisotopic (exact) mass is 268 g/mol. The molecular weight excluding hydrogens is 256 g/mol. The molecule has 0 saturated carbocycles. The van der Waals surface area contributed by atoms with Crippen LogP contribution >= 0.6 is 15.9 Å². The molecular formula is C11H13BrN2O. The van der Waals surface area contributed by atoms with Crippen LogP contribution < -0.4 is 15.6 Å². The predicted molar refractivity (Wildman–Crippen MR) is 65.5 cm³/mol. The van der Waals surface area contributed by atoms with E-state index in [2.05, 4.69) is 26.1 Å². The first-order valence-electron chi connectivity index (χ1n) is 5.03. The van der Waals surface area contributed by atoms with Gasteiger partial charge in [-0.25, -0.2) is 0 Å². The Morgan fingerprint density at radius 2 is 1.87 bits per heavy atom. The first kappa shape index (κ1) is 10.6. The van der Waals surface area contributed by atoms with Crippen LogP contribution in [0, 0.1) is 0 Å². The average Bonchev–Trinajstić information content (AvgIpc) is 2.44. The van der Waals surface area contributed by atoms with Crippen LogP contribution in [0.1, 0.15) is 0 Å². The predicted octanol–water partition coefficient (Wildman–Crippen LogP) is 1.22. The third kappa shape index (κ3) is 2.38. The lowest BCUT2D eigenvalue weighted by Gasteiger charge is -2.28. The van der Waals surface area contributed by atoms with Crippen molar-refractivity contribution in [3.8, 4) is 0 Å². The molecule has 1 saturated heterocycles. The number of anilines is 1. The molecule has 0 amide bonds. The lowest BCUT2D eigenvalue weighted by molar-refractivity contribution is 0.588. The molecule has 1 N–H and O–H groups in total. The summed E-state index contributed by atoms with van der Waals surface area (Å²) in [6, 6.07) is 7.45. The molecule has 1 heterocycles. The Hall–Kier alpha value is -0.870. The molecule has 1 aromatic carbocycles. The van der Waals surface area contributed by atoms with Crippen molar-refractivity contribution in [3.63, 3.8) is 0 Å². The molecule has 0 atom stereocenters. The number of piperazine rings is 1. The molecule has 0 unspecified atom stereocenters. The fraction of sp³-hybridized carbons (Fsp3) is 0.364. The van der Waals surface area contributed by atoms with Crippen molar-refractivity contribution in [1.82, 2.24) is 5.32 Å². The summed E-state index contributed by atoms with van der Waals surface area (Å²) >= 11 is 3.29. The molecule has 2 rings (SSSR count). The lowest BCUT2D eigenvalue weighted by atomic mass is 10.3. The van der Waals surface area contributed by atoms with E-state index < -0.39 is 0 Å². The Labute approximate surface area is 97.2 Å². The molecule has 0 spiro atoms. The van der Waals surface area contributed by atoms with E-state index >= 15 is 0 Å². The van der Waals surface area contributed by atoms with Crippen molar-refractivity contribution in [2.75, 3.05) is 31.1 Å². The first-order chi connectivity index (χ1) is 7.29. The van der Waals surface area contributed by atoms with Gasteiger partial charge in [-0.05, 0) is 28.1 Å².